The zero-order valence-corrected chi connectivity index (χ0v) is 9.86. The van der Waals surface area contributed by atoms with Crippen LogP contribution in [-0.2, 0) is 13.0 Å². The highest BCUT2D eigenvalue weighted by atomic mass is 19.1. The molecule has 0 saturated carbocycles. The summed E-state index contributed by atoms with van der Waals surface area (Å²) < 4.78 is 31.8. The van der Waals surface area contributed by atoms with Gasteiger partial charge in [-0.25, -0.2) is 8.78 Å². The molecule has 0 aliphatic heterocycles. The van der Waals surface area contributed by atoms with Crippen LogP contribution in [0.15, 0.2) is 23.0 Å². The van der Waals surface area contributed by atoms with Gasteiger partial charge in [0.25, 0.3) is 0 Å². The molecule has 0 spiro atoms. The van der Waals surface area contributed by atoms with Crippen molar-refractivity contribution < 1.29 is 13.3 Å². The third-order valence-electron chi connectivity index (χ3n) is 2.49. The lowest BCUT2D eigenvalue weighted by Gasteiger charge is -2.06. The van der Waals surface area contributed by atoms with Crippen LogP contribution < -0.4 is 5.32 Å². The van der Waals surface area contributed by atoms with E-state index in [1.807, 2.05) is 0 Å². The first-order valence-corrected chi connectivity index (χ1v) is 5.55. The average Bonchev–Trinajstić information content (AvgIpc) is 2.89. The zero-order chi connectivity index (χ0) is 13.7. The summed E-state index contributed by atoms with van der Waals surface area (Å²) in [4.78, 5) is 3.82. The van der Waals surface area contributed by atoms with E-state index in [1.54, 1.807) is 6.07 Å². The van der Waals surface area contributed by atoms with Crippen molar-refractivity contribution in [2.75, 3.05) is 6.54 Å². The minimum absolute atomic E-state index is 0.0253. The van der Waals surface area contributed by atoms with Crippen molar-refractivity contribution in [3.8, 4) is 6.07 Å². The molecule has 0 atom stereocenters. The van der Waals surface area contributed by atoms with Gasteiger partial charge in [-0.3, -0.25) is 0 Å². The molecule has 0 unspecified atom stereocenters. The van der Waals surface area contributed by atoms with Gasteiger partial charge < -0.3 is 9.84 Å². The molecule has 98 valence electrons. The SMILES string of the molecule is N#Cc1cc(F)c(CNCCc2ncno2)c(F)c1. The van der Waals surface area contributed by atoms with E-state index in [1.165, 1.54) is 6.33 Å². The number of nitriles is 1. The van der Waals surface area contributed by atoms with Gasteiger partial charge >= 0.3 is 0 Å². The Morgan fingerprint density at radius 2 is 2.05 bits per heavy atom. The van der Waals surface area contributed by atoms with Crippen molar-refractivity contribution in [3.05, 3.63) is 47.1 Å². The van der Waals surface area contributed by atoms with Crippen LogP contribution in [0.1, 0.15) is 17.0 Å². The largest absolute Gasteiger partial charge is 0.340 e. The predicted molar refractivity (Wildman–Crippen MR) is 60.8 cm³/mol. The van der Waals surface area contributed by atoms with Gasteiger partial charge in [0.15, 0.2) is 6.33 Å². The smallest absolute Gasteiger partial charge is 0.227 e. The van der Waals surface area contributed by atoms with E-state index in [2.05, 4.69) is 15.5 Å². The van der Waals surface area contributed by atoms with E-state index in [9.17, 15) is 8.78 Å². The Bertz CT molecular complexity index is 569. The number of hydrogen-bond donors (Lipinski definition) is 1. The van der Waals surface area contributed by atoms with Crippen LogP contribution in [0.5, 0.6) is 0 Å². The molecule has 5 nitrogen and oxygen atoms in total. The number of halogens is 2. The fourth-order valence-corrected chi connectivity index (χ4v) is 1.55. The maximum absolute atomic E-state index is 13.5. The second-order valence-electron chi connectivity index (χ2n) is 3.79. The molecule has 1 aromatic carbocycles. The highest BCUT2D eigenvalue weighted by molar-refractivity contribution is 5.34. The molecular formula is C12H10F2N4O. The number of nitrogens with one attached hydrogen (secondary N) is 1. The van der Waals surface area contributed by atoms with Gasteiger partial charge in [0.1, 0.15) is 11.6 Å². The summed E-state index contributed by atoms with van der Waals surface area (Å²) in [6.07, 6.45) is 1.76. The summed E-state index contributed by atoms with van der Waals surface area (Å²) in [6.45, 7) is 0.471. The second kappa shape index (κ2) is 6.02. The van der Waals surface area contributed by atoms with Crippen molar-refractivity contribution >= 4 is 0 Å². The maximum Gasteiger partial charge on any atom is 0.227 e. The molecule has 0 bridgehead atoms. The Balaban J connectivity index is 1.91. The summed E-state index contributed by atoms with van der Waals surface area (Å²) in [5.41, 5.74) is -0.130. The van der Waals surface area contributed by atoms with Crippen LogP contribution in [0, 0.1) is 23.0 Å². The van der Waals surface area contributed by atoms with Crippen LogP contribution >= 0.6 is 0 Å². The molecule has 0 aliphatic rings. The van der Waals surface area contributed by atoms with E-state index >= 15 is 0 Å². The lowest BCUT2D eigenvalue weighted by Crippen LogP contribution is -2.18. The highest BCUT2D eigenvalue weighted by Gasteiger charge is 2.10. The molecule has 0 amide bonds. The van der Waals surface area contributed by atoms with Crippen LogP contribution in [0.3, 0.4) is 0 Å². The van der Waals surface area contributed by atoms with Crippen LogP contribution in [0.25, 0.3) is 0 Å². The third kappa shape index (κ3) is 3.33. The van der Waals surface area contributed by atoms with Crippen LogP contribution in [0.2, 0.25) is 0 Å². The van der Waals surface area contributed by atoms with E-state index in [-0.39, 0.29) is 17.7 Å². The van der Waals surface area contributed by atoms with Gasteiger partial charge in [-0.05, 0) is 12.1 Å². The summed E-state index contributed by atoms with van der Waals surface area (Å²) in [5.74, 6) is -1.02. The highest BCUT2D eigenvalue weighted by Crippen LogP contribution is 2.14. The summed E-state index contributed by atoms with van der Waals surface area (Å²) in [6, 6.07) is 3.72. The molecule has 1 N–H and O–H groups in total. The number of aromatic nitrogens is 2. The number of rotatable bonds is 5. The van der Waals surface area contributed by atoms with E-state index < -0.39 is 11.6 Å². The standard InChI is InChI=1S/C12H10F2N4O/c13-10-3-8(5-15)4-11(14)9(10)6-16-2-1-12-17-7-18-19-12/h3-4,7,16H,1-2,6H2. The molecule has 7 heteroatoms. The number of nitrogens with zero attached hydrogens (tertiary/aromatic N) is 3. The Kier molecular flexibility index (Phi) is 4.15. The van der Waals surface area contributed by atoms with Crippen molar-refractivity contribution in [2.24, 2.45) is 0 Å². The van der Waals surface area contributed by atoms with Gasteiger partial charge in [-0.15, -0.1) is 0 Å². The molecule has 19 heavy (non-hydrogen) atoms. The molecule has 2 aromatic rings. The summed E-state index contributed by atoms with van der Waals surface area (Å²) in [5, 5.41) is 14.9. The molecule has 0 radical (unpaired) electrons. The number of hydrogen-bond acceptors (Lipinski definition) is 5. The van der Waals surface area contributed by atoms with E-state index in [0.29, 0.717) is 18.9 Å². The second-order valence-corrected chi connectivity index (χ2v) is 3.79. The molecular weight excluding hydrogens is 254 g/mol. The van der Waals surface area contributed by atoms with Crippen molar-refractivity contribution in [1.29, 1.82) is 5.26 Å². The number of benzene rings is 1. The Morgan fingerprint density at radius 1 is 1.32 bits per heavy atom. The third-order valence-corrected chi connectivity index (χ3v) is 2.49. The van der Waals surface area contributed by atoms with Crippen LogP contribution in [0.4, 0.5) is 8.78 Å². The maximum atomic E-state index is 13.5. The van der Waals surface area contributed by atoms with Gasteiger partial charge in [0.05, 0.1) is 11.6 Å². The fraction of sp³-hybridized carbons (Fsp3) is 0.250. The molecule has 0 fully saturated rings. The van der Waals surface area contributed by atoms with Gasteiger partial charge in [0, 0.05) is 25.1 Å². The van der Waals surface area contributed by atoms with Crippen molar-refractivity contribution in [2.45, 2.75) is 13.0 Å². The predicted octanol–water partition coefficient (Wildman–Crippen LogP) is 1.55. The normalized spacial score (nSPS) is 10.4. The molecule has 1 heterocycles. The first-order valence-electron chi connectivity index (χ1n) is 5.55. The molecule has 1 aromatic heterocycles. The monoisotopic (exact) mass is 264 g/mol. The van der Waals surface area contributed by atoms with Gasteiger partial charge in [-0.1, -0.05) is 5.16 Å². The average molecular weight is 264 g/mol. The first-order chi connectivity index (χ1) is 9.20. The molecule has 0 aliphatic carbocycles. The van der Waals surface area contributed by atoms with E-state index in [4.69, 9.17) is 9.78 Å². The van der Waals surface area contributed by atoms with Crippen molar-refractivity contribution in [1.82, 2.24) is 15.5 Å². The minimum Gasteiger partial charge on any atom is -0.340 e. The lowest BCUT2D eigenvalue weighted by molar-refractivity contribution is 0.374. The first kappa shape index (κ1) is 13.1. The minimum atomic E-state index is -0.734. The Labute approximate surface area is 107 Å². The Hall–Kier alpha value is -2.33. The lowest BCUT2D eigenvalue weighted by atomic mass is 10.1. The van der Waals surface area contributed by atoms with Gasteiger partial charge in [0.2, 0.25) is 5.89 Å². The Morgan fingerprint density at radius 3 is 2.63 bits per heavy atom. The zero-order valence-electron chi connectivity index (χ0n) is 9.86. The molecule has 0 saturated heterocycles. The molecule has 2 rings (SSSR count). The summed E-state index contributed by atoms with van der Waals surface area (Å²) >= 11 is 0. The van der Waals surface area contributed by atoms with Gasteiger partial charge in [-0.2, -0.15) is 10.2 Å². The van der Waals surface area contributed by atoms with Crippen molar-refractivity contribution in [3.63, 3.8) is 0 Å². The summed E-state index contributed by atoms with van der Waals surface area (Å²) in [7, 11) is 0. The topological polar surface area (TPSA) is 74.7 Å². The van der Waals surface area contributed by atoms with Crippen LogP contribution in [-0.4, -0.2) is 16.7 Å². The quantitative estimate of drug-likeness (QED) is 0.829. The van der Waals surface area contributed by atoms with E-state index in [0.717, 1.165) is 12.1 Å². The fourth-order valence-electron chi connectivity index (χ4n) is 1.55.